The molecule has 1 aliphatic rings. The molecule has 31 heavy (non-hydrogen) atoms. The van der Waals surface area contributed by atoms with Crippen molar-refractivity contribution in [2.24, 2.45) is 0 Å². The van der Waals surface area contributed by atoms with Crippen LogP contribution in [0.25, 0.3) is 11.0 Å². The molecular weight excluding hydrogens is 460 g/mol. The number of pyridine rings is 1. The fourth-order valence-electron chi connectivity index (χ4n) is 3.44. The number of hydrogen-bond donors (Lipinski definition) is 3. The highest BCUT2D eigenvalue weighted by Crippen LogP contribution is 2.31. The molecule has 1 saturated heterocycles. The van der Waals surface area contributed by atoms with Gasteiger partial charge in [-0.15, -0.1) is 0 Å². The normalized spacial score (nSPS) is 15.4. The Morgan fingerprint density at radius 1 is 1.19 bits per heavy atom. The van der Waals surface area contributed by atoms with Crippen molar-refractivity contribution in [1.82, 2.24) is 9.71 Å². The van der Waals surface area contributed by atoms with Crippen LogP contribution in [0.5, 0.6) is 0 Å². The topological polar surface area (TPSA) is 91.0 Å². The standard InChI is InChI=1S/C20H22BCl2N3O4S/c22-15-10-16(23)20(26-5-7-29-8-6-26)24-17(15)12-31-25-19(21(27)28)9-13-11-30-18-4-2-1-3-14(13)18/h1-4,10-11,19,25,27-28H,5-9,12H2. The summed E-state index contributed by atoms with van der Waals surface area (Å²) >= 11 is 14.0. The monoisotopic (exact) mass is 481 g/mol. The predicted octanol–water partition coefficient (Wildman–Crippen LogP) is 3.33. The molecule has 2 aromatic heterocycles. The second-order valence-electron chi connectivity index (χ2n) is 7.21. The van der Waals surface area contributed by atoms with Gasteiger partial charge in [-0.25, -0.2) is 4.98 Å². The number of hydrogen-bond acceptors (Lipinski definition) is 8. The molecule has 0 saturated carbocycles. The van der Waals surface area contributed by atoms with Gasteiger partial charge in [-0.1, -0.05) is 53.3 Å². The van der Waals surface area contributed by atoms with E-state index in [1.165, 1.54) is 11.9 Å². The molecule has 1 aliphatic heterocycles. The molecule has 3 N–H and O–H groups in total. The number of benzene rings is 1. The highest BCUT2D eigenvalue weighted by atomic mass is 35.5. The summed E-state index contributed by atoms with van der Waals surface area (Å²) in [6.45, 7) is 2.70. The zero-order valence-electron chi connectivity index (χ0n) is 16.6. The van der Waals surface area contributed by atoms with Gasteiger partial charge in [-0.3, -0.25) is 4.72 Å². The molecule has 3 aromatic rings. The lowest BCUT2D eigenvalue weighted by Gasteiger charge is -2.29. The molecule has 0 aliphatic carbocycles. The van der Waals surface area contributed by atoms with Gasteiger partial charge in [0.05, 0.1) is 46.9 Å². The Bertz CT molecular complexity index is 1030. The van der Waals surface area contributed by atoms with Crippen LogP contribution >= 0.6 is 35.1 Å². The van der Waals surface area contributed by atoms with Gasteiger partial charge in [0.1, 0.15) is 11.4 Å². The van der Waals surface area contributed by atoms with E-state index in [0.29, 0.717) is 46.9 Å². The van der Waals surface area contributed by atoms with Gasteiger partial charge in [0.15, 0.2) is 0 Å². The Kier molecular flexibility index (Phi) is 7.65. The minimum atomic E-state index is -1.54. The average Bonchev–Trinajstić information content (AvgIpc) is 3.18. The van der Waals surface area contributed by atoms with Crippen LogP contribution in [0.2, 0.25) is 10.0 Å². The SMILES string of the molecule is OB(O)C(Cc1coc2ccccc12)NSCc1nc(N2CCOCC2)c(Cl)cc1Cl. The van der Waals surface area contributed by atoms with Gasteiger partial charge in [-0.05, 0) is 24.1 Å². The number of halogens is 2. The Labute approximate surface area is 195 Å². The number of morpholine rings is 1. The molecule has 1 unspecified atom stereocenters. The van der Waals surface area contributed by atoms with Crippen LogP contribution in [-0.4, -0.2) is 54.4 Å². The summed E-state index contributed by atoms with van der Waals surface area (Å²) in [5.74, 6) is 0.521. The van der Waals surface area contributed by atoms with Crippen LogP contribution in [0.1, 0.15) is 11.3 Å². The summed E-state index contributed by atoms with van der Waals surface area (Å²) in [4.78, 5) is 6.74. The maximum absolute atomic E-state index is 9.86. The van der Waals surface area contributed by atoms with Gasteiger partial charge in [0, 0.05) is 18.5 Å². The molecule has 11 heteroatoms. The van der Waals surface area contributed by atoms with E-state index in [9.17, 15) is 10.0 Å². The van der Waals surface area contributed by atoms with E-state index in [0.717, 1.165) is 29.6 Å². The van der Waals surface area contributed by atoms with Gasteiger partial charge < -0.3 is 24.1 Å². The third-order valence-corrected chi connectivity index (χ3v) is 6.59. The third-order valence-electron chi connectivity index (χ3n) is 5.10. The summed E-state index contributed by atoms with van der Waals surface area (Å²) in [7, 11) is -1.54. The van der Waals surface area contributed by atoms with Gasteiger partial charge in [-0.2, -0.15) is 0 Å². The number of furan rings is 1. The number of fused-ring (bicyclic) bond motifs is 1. The first-order chi connectivity index (χ1) is 15.0. The highest BCUT2D eigenvalue weighted by molar-refractivity contribution is 7.96. The Morgan fingerprint density at radius 2 is 1.97 bits per heavy atom. The van der Waals surface area contributed by atoms with E-state index in [4.69, 9.17) is 32.4 Å². The average molecular weight is 482 g/mol. The predicted molar refractivity (Wildman–Crippen MR) is 126 cm³/mol. The lowest BCUT2D eigenvalue weighted by atomic mass is 9.77. The first-order valence-corrected chi connectivity index (χ1v) is 11.6. The molecular formula is C20H22BCl2N3O4S. The fourth-order valence-corrected chi connectivity index (χ4v) is 4.93. The van der Waals surface area contributed by atoms with Crippen LogP contribution < -0.4 is 9.62 Å². The molecule has 0 spiro atoms. The number of rotatable bonds is 8. The minimum absolute atomic E-state index is 0.391. The number of ether oxygens (including phenoxy) is 1. The van der Waals surface area contributed by atoms with Crippen molar-refractivity contribution < 1.29 is 19.2 Å². The van der Waals surface area contributed by atoms with Gasteiger partial charge >= 0.3 is 7.12 Å². The van der Waals surface area contributed by atoms with E-state index in [1.54, 1.807) is 12.3 Å². The first-order valence-electron chi connectivity index (χ1n) is 9.89. The Morgan fingerprint density at radius 3 is 2.74 bits per heavy atom. The summed E-state index contributed by atoms with van der Waals surface area (Å²) in [6, 6.07) is 9.36. The molecule has 0 bridgehead atoms. The maximum Gasteiger partial charge on any atom is 0.470 e. The molecule has 7 nitrogen and oxygen atoms in total. The van der Waals surface area contributed by atoms with Crippen molar-refractivity contribution in [3.63, 3.8) is 0 Å². The Hall–Kier alpha value is -1.46. The zero-order chi connectivity index (χ0) is 21.8. The number of para-hydroxylation sites is 1. The third kappa shape index (κ3) is 5.49. The molecule has 1 atom stereocenters. The number of nitrogens with one attached hydrogen (secondary N) is 1. The van der Waals surface area contributed by atoms with Crippen molar-refractivity contribution in [2.75, 3.05) is 31.2 Å². The Balaban J connectivity index is 1.42. The number of nitrogens with zero attached hydrogens (tertiary/aromatic N) is 2. The molecule has 1 fully saturated rings. The minimum Gasteiger partial charge on any atom is -0.464 e. The van der Waals surface area contributed by atoms with Crippen LogP contribution in [0.3, 0.4) is 0 Å². The van der Waals surface area contributed by atoms with Gasteiger partial charge in [0.2, 0.25) is 0 Å². The van der Waals surface area contributed by atoms with Crippen LogP contribution in [0.15, 0.2) is 41.0 Å². The first kappa shape index (κ1) is 22.7. The van der Waals surface area contributed by atoms with Crippen LogP contribution in [0.4, 0.5) is 5.82 Å². The second-order valence-corrected chi connectivity index (χ2v) is 8.84. The van der Waals surface area contributed by atoms with E-state index >= 15 is 0 Å². The summed E-state index contributed by atoms with van der Waals surface area (Å²) in [5.41, 5.74) is 2.34. The van der Waals surface area contributed by atoms with Crippen LogP contribution in [-0.2, 0) is 16.9 Å². The lowest BCUT2D eigenvalue weighted by Crippen LogP contribution is -2.42. The fraction of sp³-hybridized carbons (Fsp3) is 0.350. The second kappa shape index (κ2) is 10.4. The number of aromatic nitrogens is 1. The van der Waals surface area contributed by atoms with Crippen molar-refractivity contribution >= 4 is 59.1 Å². The van der Waals surface area contributed by atoms with E-state index < -0.39 is 13.1 Å². The van der Waals surface area contributed by atoms with Crippen molar-refractivity contribution in [2.45, 2.75) is 18.1 Å². The molecule has 4 rings (SSSR count). The lowest BCUT2D eigenvalue weighted by molar-refractivity contribution is 0.122. The summed E-state index contributed by atoms with van der Waals surface area (Å²) in [6.07, 6.45) is 2.04. The van der Waals surface area contributed by atoms with E-state index in [-0.39, 0.29) is 0 Å². The van der Waals surface area contributed by atoms with Crippen LogP contribution in [0, 0.1) is 0 Å². The number of anilines is 1. The van der Waals surface area contributed by atoms with E-state index in [1.807, 2.05) is 24.3 Å². The highest BCUT2D eigenvalue weighted by Gasteiger charge is 2.25. The van der Waals surface area contributed by atoms with Crippen molar-refractivity contribution in [3.05, 3.63) is 57.9 Å². The summed E-state index contributed by atoms with van der Waals surface area (Å²) < 4.78 is 14.1. The largest absolute Gasteiger partial charge is 0.470 e. The smallest absolute Gasteiger partial charge is 0.464 e. The molecule has 3 heterocycles. The molecule has 1 aromatic carbocycles. The quantitative estimate of drug-likeness (QED) is 0.333. The van der Waals surface area contributed by atoms with Crippen molar-refractivity contribution in [3.8, 4) is 0 Å². The van der Waals surface area contributed by atoms with Crippen molar-refractivity contribution in [1.29, 1.82) is 0 Å². The zero-order valence-corrected chi connectivity index (χ0v) is 19.0. The maximum atomic E-state index is 9.86. The summed E-state index contributed by atoms with van der Waals surface area (Å²) in [5, 5.41) is 21.6. The van der Waals surface area contributed by atoms with E-state index in [2.05, 4.69) is 14.6 Å². The molecule has 0 amide bonds. The molecule has 0 radical (unpaired) electrons. The van der Waals surface area contributed by atoms with Gasteiger partial charge in [0.25, 0.3) is 0 Å². The molecule has 164 valence electrons.